The summed E-state index contributed by atoms with van der Waals surface area (Å²) >= 11 is 0. The van der Waals surface area contributed by atoms with Gasteiger partial charge in [0.1, 0.15) is 5.82 Å². The summed E-state index contributed by atoms with van der Waals surface area (Å²) in [4.78, 5) is 4.50. The van der Waals surface area contributed by atoms with Crippen molar-refractivity contribution in [2.24, 2.45) is 4.99 Å². The Morgan fingerprint density at radius 3 is 3.14 bits per heavy atom. The molecule has 0 aromatic carbocycles. The van der Waals surface area contributed by atoms with Gasteiger partial charge in [-0.05, 0) is 26.7 Å². The Labute approximate surface area is 84.0 Å². The van der Waals surface area contributed by atoms with Crippen LogP contribution in [-0.4, -0.2) is 21.7 Å². The van der Waals surface area contributed by atoms with Crippen molar-refractivity contribution in [3.63, 3.8) is 0 Å². The van der Waals surface area contributed by atoms with E-state index in [0.717, 1.165) is 18.2 Å². The highest BCUT2D eigenvalue weighted by Gasteiger charge is 2.20. The molecule has 1 aliphatic carbocycles. The minimum absolute atomic E-state index is 0.570. The third kappa shape index (κ3) is 2.13. The van der Waals surface area contributed by atoms with Gasteiger partial charge in [0.15, 0.2) is 0 Å². The zero-order chi connectivity index (χ0) is 9.97. The standard InChI is InChI=1S/C10H16N4/c1-3-14-10(6-7-11-14)13-8(2)12-9-4-5-9/h6-7,9H,3-5H2,1-2H3,(H,12,13). The molecule has 4 heteroatoms. The third-order valence-electron chi connectivity index (χ3n) is 2.25. The van der Waals surface area contributed by atoms with Crippen molar-refractivity contribution in [3.05, 3.63) is 12.3 Å². The van der Waals surface area contributed by atoms with E-state index >= 15 is 0 Å². The van der Waals surface area contributed by atoms with E-state index in [-0.39, 0.29) is 0 Å². The lowest BCUT2D eigenvalue weighted by atomic mass is 10.5. The molecular weight excluding hydrogens is 176 g/mol. The molecule has 1 fully saturated rings. The van der Waals surface area contributed by atoms with Crippen molar-refractivity contribution in [3.8, 4) is 0 Å². The van der Waals surface area contributed by atoms with Crippen molar-refractivity contribution < 1.29 is 0 Å². The Bertz CT molecular complexity index is 336. The van der Waals surface area contributed by atoms with Crippen molar-refractivity contribution in [1.82, 2.24) is 9.78 Å². The van der Waals surface area contributed by atoms with Crippen molar-refractivity contribution >= 4 is 11.7 Å². The number of rotatable bonds is 3. The van der Waals surface area contributed by atoms with Crippen LogP contribution >= 0.6 is 0 Å². The number of hydrogen-bond acceptors (Lipinski definition) is 2. The fourth-order valence-corrected chi connectivity index (χ4v) is 1.39. The number of amidine groups is 1. The van der Waals surface area contributed by atoms with Gasteiger partial charge in [0.25, 0.3) is 0 Å². The summed E-state index contributed by atoms with van der Waals surface area (Å²) < 4.78 is 1.92. The lowest BCUT2D eigenvalue weighted by molar-refractivity contribution is 0.669. The molecule has 76 valence electrons. The van der Waals surface area contributed by atoms with Gasteiger partial charge in [-0.2, -0.15) is 5.10 Å². The average Bonchev–Trinajstić information content (AvgIpc) is 2.84. The summed E-state index contributed by atoms with van der Waals surface area (Å²) in [6.07, 6.45) is 4.29. The molecule has 0 saturated heterocycles. The fraction of sp³-hybridized carbons (Fsp3) is 0.600. The molecule has 2 rings (SSSR count). The minimum atomic E-state index is 0.570. The van der Waals surface area contributed by atoms with E-state index in [0.29, 0.717) is 6.04 Å². The highest BCUT2D eigenvalue weighted by Crippen LogP contribution is 2.23. The number of aryl methyl sites for hydroxylation is 1. The van der Waals surface area contributed by atoms with Gasteiger partial charge in [0, 0.05) is 12.6 Å². The zero-order valence-electron chi connectivity index (χ0n) is 8.70. The molecule has 1 saturated carbocycles. The molecule has 1 aromatic heterocycles. The van der Waals surface area contributed by atoms with Crippen LogP contribution in [0, 0.1) is 0 Å². The lowest BCUT2D eigenvalue weighted by Crippen LogP contribution is -2.12. The van der Waals surface area contributed by atoms with Crippen molar-refractivity contribution in [2.45, 2.75) is 39.3 Å². The summed E-state index contributed by atoms with van der Waals surface area (Å²) in [6.45, 7) is 4.96. The fourth-order valence-electron chi connectivity index (χ4n) is 1.39. The van der Waals surface area contributed by atoms with Crippen molar-refractivity contribution in [2.75, 3.05) is 5.32 Å². The summed E-state index contributed by atoms with van der Waals surface area (Å²) in [7, 11) is 0. The zero-order valence-corrected chi connectivity index (χ0v) is 8.70. The van der Waals surface area contributed by atoms with Crippen LogP contribution in [-0.2, 0) is 6.54 Å². The van der Waals surface area contributed by atoms with Crippen LogP contribution in [0.4, 0.5) is 5.82 Å². The maximum Gasteiger partial charge on any atom is 0.129 e. The van der Waals surface area contributed by atoms with Gasteiger partial charge in [-0.3, -0.25) is 4.99 Å². The number of nitrogens with zero attached hydrogens (tertiary/aromatic N) is 3. The molecule has 0 aliphatic heterocycles. The molecule has 14 heavy (non-hydrogen) atoms. The predicted octanol–water partition coefficient (Wildman–Crippen LogP) is 1.90. The second kappa shape index (κ2) is 3.82. The van der Waals surface area contributed by atoms with Crippen LogP contribution in [0.25, 0.3) is 0 Å². The quantitative estimate of drug-likeness (QED) is 0.587. The molecule has 0 unspecified atom stereocenters. The number of nitrogens with one attached hydrogen (secondary N) is 1. The smallest absolute Gasteiger partial charge is 0.129 e. The van der Waals surface area contributed by atoms with Gasteiger partial charge >= 0.3 is 0 Å². The first-order valence-electron chi connectivity index (χ1n) is 5.13. The molecule has 0 atom stereocenters. The Hall–Kier alpha value is -1.32. The van der Waals surface area contributed by atoms with Crippen LogP contribution in [0.2, 0.25) is 0 Å². The van der Waals surface area contributed by atoms with Gasteiger partial charge in [-0.15, -0.1) is 0 Å². The molecule has 4 nitrogen and oxygen atoms in total. The average molecular weight is 192 g/mol. The first kappa shape index (κ1) is 9.24. The summed E-state index contributed by atoms with van der Waals surface area (Å²) in [6, 6.07) is 2.54. The van der Waals surface area contributed by atoms with E-state index in [4.69, 9.17) is 0 Å². The first-order chi connectivity index (χ1) is 6.79. The van der Waals surface area contributed by atoms with Crippen LogP contribution < -0.4 is 5.32 Å². The van der Waals surface area contributed by atoms with E-state index in [1.807, 2.05) is 17.7 Å². The number of aromatic nitrogens is 2. The Kier molecular flexibility index (Phi) is 2.52. The normalized spacial score (nSPS) is 17.1. The Balaban J connectivity index is 2.01. The lowest BCUT2D eigenvalue weighted by Gasteiger charge is -2.07. The Morgan fingerprint density at radius 2 is 2.50 bits per heavy atom. The number of hydrogen-bond donors (Lipinski definition) is 1. The SMILES string of the molecule is CCn1nccc1NC(C)=NC1CC1. The van der Waals surface area contributed by atoms with Crippen LogP contribution in [0.15, 0.2) is 17.3 Å². The van der Waals surface area contributed by atoms with E-state index in [9.17, 15) is 0 Å². The van der Waals surface area contributed by atoms with Gasteiger partial charge < -0.3 is 5.32 Å². The Morgan fingerprint density at radius 1 is 1.71 bits per heavy atom. The van der Waals surface area contributed by atoms with Crippen LogP contribution in [0.1, 0.15) is 26.7 Å². The topological polar surface area (TPSA) is 42.2 Å². The van der Waals surface area contributed by atoms with Crippen molar-refractivity contribution in [1.29, 1.82) is 0 Å². The second-order valence-corrected chi connectivity index (χ2v) is 3.60. The minimum Gasteiger partial charge on any atom is -0.329 e. The highest BCUT2D eigenvalue weighted by molar-refractivity contribution is 5.92. The molecule has 1 aromatic rings. The molecule has 1 heterocycles. The van der Waals surface area contributed by atoms with E-state index in [1.54, 1.807) is 6.20 Å². The number of anilines is 1. The maximum absolute atomic E-state index is 4.50. The molecular formula is C10H16N4. The monoisotopic (exact) mass is 192 g/mol. The van der Waals surface area contributed by atoms with Gasteiger partial charge in [-0.25, -0.2) is 4.68 Å². The van der Waals surface area contributed by atoms with E-state index in [1.165, 1.54) is 12.8 Å². The molecule has 0 spiro atoms. The highest BCUT2D eigenvalue weighted by atomic mass is 15.3. The molecule has 1 N–H and O–H groups in total. The molecule has 0 amide bonds. The largest absolute Gasteiger partial charge is 0.329 e. The van der Waals surface area contributed by atoms with Crippen LogP contribution in [0.3, 0.4) is 0 Å². The first-order valence-corrected chi connectivity index (χ1v) is 5.13. The summed E-state index contributed by atoms with van der Waals surface area (Å²) in [5.41, 5.74) is 0. The summed E-state index contributed by atoms with van der Waals surface area (Å²) in [5, 5.41) is 7.44. The van der Waals surface area contributed by atoms with E-state index in [2.05, 4.69) is 22.3 Å². The van der Waals surface area contributed by atoms with Gasteiger partial charge in [0.2, 0.25) is 0 Å². The van der Waals surface area contributed by atoms with E-state index < -0.39 is 0 Å². The summed E-state index contributed by atoms with van der Waals surface area (Å²) in [5.74, 6) is 2.01. The van der Waals surface area contributed by atoms with Crippen LogP contribution in [0.5, 0.6) is 0 Å². The molecule has 0 bridgehead atoms. The van der Waals surface area contributed by atoms with Gasteiger partial charge in [-0.1, -0.05) is 0 Å². The molecule has 0 radical (unpaired) electrons. The maximum atomic E-state index is 4.50. The third-order valence-corrected chi connectivity index (χ3v) is 2.25. The molecule has 1 aliphatic rings. The second-order valence-electron chi connectivity index (χ2n) is 3.60. The predicted molar refractivity (Wildman–Crippen MR) is 57.7 cm³/mol. The van der Waals surface area contributed by atoms with Gasteiger partial charge in [0.05, 0.1) is 18.1 Å². The number of aliphatic imine (C=N–C) groups is 1.